The number of rotatable bonds is 4. The summed E-state index contributed by atoms with van der Waals surface area (Å²) in [5.74, 6) is 0. The summed E-state index contributed by atoms with van der Waals surface area (Å²) >= 11 is 5.99. The summed E-state index contributed by atoms with van der Waals surface area (Å²) in [5.41, 5.74) is 2.63. The normalized spacial score (nSPS) is 23.3. The first-order valence-corrected chi connectivity index (χ1v) is 7.42. The molecule has 0 radical (unpaired) electrons. The van der Waals surface area contributed by atoms with Gasteiger partial charge in [0, 0.05) is 42.6 Å². The standard InChI is InChI=1S/C16H20ClN3/c1-20-9-7-15(19-11-12-6-8-18-10-12)16(20)13-2-4-14(17)5-3-13/h2-6,8,10,15-16,18-19H,7,9,11H2,1H3. The summed E-state index contributed by atoms with van der Waals surface area (Å²) in [6.07, 6.45) is 5.19. The van der Waals surface area contributed by atoms with Crippen molar-refractivity contribution in [2.75, 3.05) is 13.6 Å². The monoisotopic (exact) mass is 289 g/mol. The predicted molar refractivity (Wildman–Crippen MR) is 82.9 cm³/mol. The quantitative estimate of drug-likeness (QED) is 0.906. The molecule has 3 rings (SSSR count). The van der Waals surface area contributed by atoms with E-state index in [1.807, 2.05) is 24.5 Å². The van der Waals surface area contributed by atoms with Crippen LogP contribution in [0.5, 0.6) is 0 Å². The van der Waals surface area contributed by atoms with E-state index < -0.39 is 0 Å². The lowest BCUT2D eigenvalue weighted by molar-refractivity contribution is 0.286. The summed E-state index contributed by atoms with van der Waals surface area (Å²) in [7, 11) is 2.19. The Morgan fingerprint density at radius 3 is 2.80 bits per heavy atom. The first kappa shape index (κ1) is 13.7. The Balaban J connectivity index is 1.71. The van der Waals surface area contributed by atoms with Crippen LogP contribution in [0, 0.1) is 0 Å². The number of H-pyrrole nitrogens is 1. The fraction of sp³-hybridized carbons (Fsp3) is 0.375. The third-order valence-electron chi connectivity index (χ3n) is 4.09. The highest BCUT2D eigenvalue weighted by Crippen LogP contribution is 2.31. The maximum atomic E-state index is 5.99. The van der Waals surface area contributed by atoms with Crippen molar-refractivity contribution in [1.29, 1.82) is 0 Å². The summed E-state index contributed by atoms with van der Waals surface area (Å²) in [6.45, 7) is 2.03. The minimum atomic E-state index is 0.422. The lowest BCUT2D eigenvalue weighted by atomic mass is 10.00. The summed E-state index contributed by atoms with van der Waals surface area (Å²) in [4.78, 5) is 5.51. The molecule has 1 fully saturated rings. The Labute approximate surface area is 124 Å². The molecule has 1 saturated heterocycles. The van der Waals surface area contributed by atoms with Gasteiger partial charge in [0.2, 0.25) is 0 Å². The molecule has 2 atom stereocenters. The number of likely N-dealkylation sites (N-methyl/N-ethyl adjacent to an activating group) is 1. The van der Waals surface area contributed by atoms with Crippen LogP contribution >= 0.6 is 11.6 Å². The number of aromatic amines is 1. The van der Waals surface area contributed by atoms with Crippen molar-refractivity contribution in [3.05, 3.63) is 58.9 Å². The molecule has 106 valence electrons. The van der Waals surface area contributed by atoms with Crippen LogP contribution in [0.3, 0.4) is 0 Å². The zero-order chi connectivity index (χ0) is 13.9. The van der Waals surface area contributed by atoms with Crippen LogP contribution in [0.2, 0.25) is 5.02 Å². The van der Waals surface area contributed by atoms with Gasteiger partial charge in [-0.25, -0.2) is 0 Å². The number of nitrogens with zero attached hydrogens (tertiary/aromatic N) is 1. The van der Waals surface area contributed by atoms with E-state index in [1.165, 1.54) is 17.5 Å². The highest BCUT2D eigenvalue weighted by molar-refractivity contribution is 6.30. The minimum Gasteiger partial charge on any atom is -0.367 e. The number of aromatic nitrogens is 1. The van der Waals surface area contributed by atoms with E-state index in [-0.39, 0.29) is 0 Å². The molecule has 0 aliphatic carbocycles. The molecular formula is C16H20ClN3. The first-order chi connectivity index (χ1) is 9.74. The molecule has 3 nitrogen and oxygen atoms in total. The van der Waals surface area contributed by atoms with Gasteiger partial charge in [0.15, 0.2) is 0 Å². The largest absolute Gasteiger partial charge is 0.367 e. The second-order valence-corrected chi connectivity index (χ2v) is 5.91. The average molecular weight is 290 g/mol. The molecule has 2 N–H and O–H groups in total. The summed E-state index contributed by atoms with van der Waals surface area (Å²) < 4.78 is 0. The lowest BCUT2D eigenvalue weighted by Crippen LogP contribution is -2.34. The molecule has 0 amide bonds. The summed E-state index contributed by atoms with van der Waals surface area (Å²) in [6, 6.07) is 11.3. The molecule has 0 spiro atoms. The average Bonchev–Trinajstić information content (AvgIpc) is 3.07. The van der Waals surface area contributed by atoms with Crippen LogP contribution in [-0.4, -0.2) is 29.5 Å². The highest BCUT2D eigenvalue weighted by Gasteiger charge is 2.32. The Kier molecular flexibility index (Phi) is 4.10. The Morgan fingerprint density at radius 1 is 1.30 bits per heavy atom. The van der Waals surface area contributed by atoms with E-state index in [4.69, 9.17) is 11.6 Å². The SMILES string of the molecule is CN1CCC(NCc2cc[nH]c2)C1c1ccc(Cl)cc1. The van der Waals surface area contributed by atoms with Crippen molar-refractivity contribution >= 4 is 11.6 Å². The lowest BCUT2D eigenvalue weighted by Gasteiger charge is -2.26. The van der Waals surface area contributed by atoms with Gasteiger partial charge in [0.05, 0.1) is 0 Å². The molecule has 0 saturated carbocycles. The second-order valence-electron chi connectivity index (χ2n) is 5.47. The predicted octanol–water partition coefficient (Wildman–Crippen LogP) is 3.20. The van der Waals surface area contributed by atoms with Gasteiger partial charge < -0.3 is 10.3 Å². The third kappa shape index (κ3) is 2.90. The van der Waals surface area contributed by atoms with Crippen molar-refractivity contribution in [3.8, 4) is 0 Å². The zero-order valence-corrected chi connectivity index (χ0v) is 12.4. The minimum absolute atomic E-state index is 0.422. The number of nitrogens with one attached hydrogen (secondary N) is 2. The van der Waals surface area contributed by atoms with Crippen molar-refractivity contribution < 1.29 is 0 Å². The van der Waals surface area contributed by atoms with Crippen LogP contribution in [0.1, 0.15) is 23.6 Å². The smallest absolute Gasteiger partial charge is 0.0499 e. The van der Waals surface area contributed by atoms with Gasteiger partial charge in [-0.1, -0.05) is 23.7 Å². The van der Waals surface area contributed by atoms with Gasteiger partial charge in [-0.15, -0.1) is 0 Å². The van der Waals surface area contributed by atoms with E-state index >= 15 is 0 Å². The fourth-order valence-electron chi connectivity index (χ4n) is 3.02. The summed E-state index contributed by atoms with van der Waals surface area (Å²) in [5, 5.41) is 4.48. The van der Waals surface area contributed by atoms with Gasteiger partial charge in [0.25, 0.3) is 0 Å². The molecular weight excluding hydrogens is 270 g/mol. The number of hydrogen-bond donors (Lipinski definition) is 2. The molecule has 2 unspecified atom stereocenters. The van der Waals surface area contributed by atoms with Crippen molar-refractivity contribution in [2.24, 2.45) is 0 Å². The maximum Gasteiger partial charge on any atom is 0.0499 e. The number of hydrogen-bond acceptors (Lipinski definition) is 2. The number of halogens is 1. The van der Waals surface area contributed by atoms with E-state index in [0.29, 0.717) is 12.1 Å². The Morgan fingerprint density at radius 2 is 2.10 bits per heavy atom. The van der Waals surface area contributed by atoms with Crippen molar-refractivity contribution in [2.45, 2.75) is 25.0 Å². The van der Waals surface area contributed by atoms with Crippen LogP contribution in [-0.2, 0) is 6.54 Å². The topological polar surface area (TPSA) is 31.1 Å². The van der Waals surface area contributed by atoms with E-state index in [0.717, 1.165) is 18.1 Å². The number of likely N-dealkylation sites (tertiary alicyclic amines) is 1. The fourth-order valence-corrected chi connectivity index (χ4v) is 3.15. The number of benzene rings is 1. The molecule has 1 aliphatic rings. The molecule has 0 bridgehead atoms. The second kappa shape index (κ2) is 6.00. The molecule has 2 aromatic rings. The van der Waals surface area contributed by atoms with Crippen LogP contribution in [0.25, 0.3) is 0 Å². The van der Waals surface area contributed by atoms with E-state index in [1.54, 1.807) is 0 Å². The van der Waals surface area contributed by atoms with Gasteiger partial charge in [0.1, 0.15) is 0 Å². The van der Waals surface area contributed by atoms with Gasteiger partial charge in [-0.3, -0.25) is 4.90 Å². The van der Waals surface area contributed by atoms with Gasteiger partial charge >= 0.3 is 0 Å². The zero-order valence-electron chi connectivity index (χ0n) is 11.6. The van der Waals surface area contributed by atoms with Crippen LogP contribution in [0.4, 0.5) is 0 Å². The molecule has 1 aromatic heterocycles. The Bertz CT molecular complexity index is 535. The molecule has 4 heteroatoms. The maximum absolute atomic E-state index is 5.99. The highest BCUT2D eigenvalue weighted by atomic mass is 35.5. The molecule has 1 aromatic carbocycles. The molecule has 2 heterocycles. The van der Waals surface area contributed by atoms with Gasteiger partial charge in [-0.05, 0) is 42.8 Å². The Hall–Kier alpha value is -1.29. The van der Waals surface area contributed by atoms with E-state index in [2.05, 4.69) is 40.4 Å². The molecule has 1 aliphatic heterocycles. The van der Waals surface area contributed by atoms with Crippen LogP contribution in [0.15, 0.2) is 42.7 Å². The van der Waals surface area contributed by atoms with Crippen molar-refractivity contribution in [1.82, 2.24) is 15.2 Å². The third-order valence-corrected chi connectivity index (χ3v) is 4.34. The van der Waals surface area contributed by atoms with Crippen molar-refractivity contribution in [3.63, 3.8) is 0 Å². The van der Waals surface area contributed by atoms with E-state index in [9.17, 15) is 0 Å². The molecule has 20 heavy (non-hydrogen) atoms. The van der Waals surface area contributed by atoms with Gasteiger partial charge in [-0.2, -0.15) is 0 Å². The van der Waals surface area contributed by atoms with Crippen LogP contribution < -0.4 is 5.32 Å². The first-order valence-electron chi connectivity index (χ1n) is 7.05.